The number of carbonyl (C=O) groups is 3. The van der Waals surface area contributed by atoms with E-state index < -0.39 is 11.9 Å². The first-order valence-corrected chi connectivity index (χ1v) is 6.68. The molecule has 1 aromatic carbocycles. The van der Waals surface area contributed by atoms with Crippen molar-refractivity contribution < 1.29 is 19.5 Å². The van der Waals surface area contributed by atoms with E-state index in [-0.39, 0.29) is 18.9 Å². The minimum Gasteiger partial charge on any atom is -0.474 e. The number of amides is 1. The number of hydrogen-bond acceptors (Lipinski definition) is 4. The van der Waals surface area contributed by atoms with Crippen LogP contribution in [0.25, 0.3) is 0 Å². The van der Waals surface area contributed by atoms with Gasteiger partial charge < -0.3 is 15.3 Å². The van der Waals surface area contributed by atoms with Crippen LogP contribution in [0.2, 0.25) is 0 Å². The van der Waals surface area contributed by atoms with Gasteiger partial charge in [-0.05, 0) is 31.5 Å². The summed E-state index contributed by atoms with van der Waals surface area (Å²) in [6.45, 7) is 2.13. The molecule has 6 heteroatoms. The molecule has 0 heterocycles. The van der Waals surface area contributed by atoms with Crippen LogP contribution >= 0.6 is 0 Å². The first-order valence-electron chi connectivity index (χ1n) is 6.68. The third-order valence-corrected chi connectivity index (χ3v) is 2.96. The molecule has 0 saturated heterocycles. The highest BCUT2D eigenvalue weighted by molar-refractivity contribution is 6.31. The SMILES string of the molecule is CNCc1ccc(CCN(CC(C)=O)C(=O)C(=O)O)cc1. The monoisotopic (exact) mass is 292 g/mol. The molecule has 0 aliphatic rings. The lowest BCUT2D eigenvalue weighted by molar-refractivity contribution is -0.156. The molecule has 21 heavy (non-hydrogen) atoms. The number of rotatable bonds is 7. The fourth-order valence-corrected chi connectivity index (χ4v) is 1.95. The standard InChI is InChI=1S/C15H20N2O4/c1-11(18)10-17(14(19)15(20)21)8-7-12-3-5-13(6-4-12)9-16-2/h3-6,16H,7-10H2,1-2H3,(H,20,21). The fraction of sp³-hybridized carbons (Fsp3) is 0.400. The van der Waals surface area contributed by atoms with E-state index in [0.717, 1.165) is 22.6 Å². The van der Waals surface area contributed by atoms with Crippen LogP contribution in [-0.4, -0.2) is 47.8 Å². The number of Topliss-reactive ketones (excluding diaryl/α,β-unsaturated/α-hetero) is 1. The molecule has 0 bridgehead atoms. The number of hydrogen-bond donors (Lipinski definition) is 2. The maximum absolute atomic E-state index is 11.5. The van der Waals surface area contributed by atoms with Crippen LogP contribution in [0.15, 0.2) is 24.3 Å². The molecule has 6 nitrogen and oxygen atoms in total. The quantitative estimate of drug-likeness (QED) is 0.713. The summed E-state index contributed by atoms with van der Waals surface area (Å²) in [4.78, 5) is 34.4. The lowest BCUT2D eigenvalue weighted by atomic mass is 10.1. The number of benzene rings is 1. The Labute approximate surface area is 123 Å². The summed E-state index contributed by atoms with van der Waals surface area (Å²) >= 11 is 0. The third kappa shape index (κ3) is 5.74. The van der Waals surface area contributed by atoms with Crippen LogP contribution in [0.4, 0.5) is 0 Å². The van der Waals surface area contributed by atoms with Crippen molar-refractivity contribution in [3.63, 3.8) is 0 Å². The normalized spacial score (nSPS) is 10.2. The van der Waals surface area contributed by atoms with Gasteiger partial charge in [-0.15, -0.1) is 0 Å². The highest BCUT2D eigenvalue weighted by atomic mass is 16.4. The molecular formula is C15H20N2O4. The van der Waals surface area contributed by atoms with E-state index in [1.54, 1.807) is 0 Å². The molecule has 0 aromatic heterocycles. The predicted octanol–water partition coefficient (Wildman–Crippen LogP) is 0.451. The van der Waals surface area contributed by atoms with Crippen LogP contribution in [0.3, 0.4) is 0 Å². The van der Waals surface area contributed by atoms with Gasteiger partial charge in [0.25, 0.3) is 0 Å². The Kier molecular flexibility index (Phi) is 6.55. The van der Waals surface area contributed by atoms with Crippen LogP contribution in [0.5, 0.6) is 0 Å². The average molecular weight is 292 g/mol. The van der Waals surface area contributed by atoms with Crippen molar-refractivity contribution in [2.24, 2.45) is 0 Å². The second-order valence-electron chi connectivity index (χ2n) is 4.83. The molecule has 0 radical (unpaired) electrons. The zero-order chi connectivity index (χ0) is 15.8. The number of carbonyl (C=O) groups excluding carboxylic acids is 2. The third-order valence-electron chi connectivity index (χ3n) is 2.96. The number of carboxylic acids is 1. The molecule has 0 atom stereocenters. The van der Waals surface area contributed by atoms with Gasteiger partial charge in [0.05, 0.1) is 6.54 Å². The Hall–Kier alpha value is -2.21. The maximum Gasteiger partial charge on any atom is 0.394 e. The minimum atomic E-state index is -1.54. The van der Waals surface area contributed by atoms with Crippen molar-refractivity contribution in [1.29, 1.82) is 0 Å². The van der Waals surface area contributed by atoms with Gasteiger partial charge in [-0.1, -0.05) is 24.3 Å². The van der Waals surface area contributed by atoms with Gasteiger partial charge in [-0.25, -0.2) is 4.79 Å². The zero-order valence-electron chi connectivity index (χ0n) is 12.3. The Balaban J connectivity index is 2.65. The van der Waals surface area contributed by atoms with Gasteiger partial charge in [0.1, 0.15) is 5.78 Å². The summed E-state index contributed by atoms with van der Waals surface area (Å²) in [6.07, 6.45) is 0.506. The molecule has 0 aliphatic heterocycles. The number of aliphatic carboxylic acids is 1. The zero-order valence-corrected chi connectivity index (χ0v) is 12.3. The Morgan fingerprint density at radius 1 is 1.14 bits per heavy atom. The molecule has 1 aromatic rings. The largest absolute Gasteiger partial charge is 0.474 e. The summed E-state index contributed by atoms with van der Waals surface area (Å²) in [7, 11) is 1.87. The predicted molar refractivity (Wildman–Crippen MR) is 77.8 cm³/mol. The summed E-state index contributed by atoms with van der Waals surface area (Å²) in [5, 5.41) is 11.8. The first-order chi connectivity index (χ1) is 9.93. The van der Waals surface area contributed by atoms with Crippen LogP contribution in [0.1, 0.15) is 18.1 Å². The molecule has 1 rings (SSSR count). The summed E-state index contributed by atoms with van der Waals surface area (Å²) in [5.41, 5.74) is 2.13. The molecule has 114 valence electrons. The number of nitrogens with zero attached hydrogens (tertiary/aromatic N) is 1. The maximum atomic E-state index is 11.5. The van der Waals surface area contributed by atoms with E-state index in [2.05, 4.69) is 5.32 Å². The highest BCUT2D eigenvalue weighted by Crippen LogP contribution is 2.06. The molecule has 0 unspecified atom stereocenters. The van der Waals surface area contributed by atoms with Crippen LogP contribution < -0.4 is 5.32 Å². The van der Waals surface area contributed by atoms with E-state index in [4.69, 9.17) is 5.11 Å². The second-order valence-corrected chi connectivity index (χ2v) is 4.83. The molecule has 1 amide bonds. The fourth-order valence-electron chi connectivity index (χ4n) is 1.95. The van der Waals surface area contributed by atoms with Gasteiger partial charge in [-0.3, -0.25) is 9.59 Å². The van der Waals surface area contributed by atoms with Gasteiger partial charge in [0.2, 0.25) is 0 Å². The number of nitrogens with one attached hydrogen (secondary N) is 1. The van der Waals surface area contributed by atoms with E-state index in [0.29, 0.717) is 6.42 Å². The Morgan fingerprint density at radius 2 is 1.71 bits per heavy atom. The van der Waals surface area contributed by atoms with Crippen LogP contribution in [-0.2, 0) is 27.3 Å². The average Bonchev–Trinajstić information content (AvgIpc) is 2.44. The van der Waals surface area contributed by atoms with Crippen molar-refractivity contribution in [2.45, 2.75) is 19.9 Å². The van der Waals surface area contributed by atoms with E-state index in [1.165, 1.54) is 6.92 Å². The van der Waals surface area contributed by atoms with Crippen LogP contribution in [0, 0.1) is 0 Å². The lowest BCUT2D eigenvalue weighted by Crippen LogP contribution is -2.40. The number of carboxylic acid groups (broad SMARTS) is 1. The smallest absolute Gasteiger partial charge is 0.394 e. The van der Waals surface area contributed by atoms with Gasteiger partial charge >= 0.3 is 11.9 Å². The summed E-state index contributed by atoms with van der Waals surface area (Å²) in [5.74, 6) is -2.83. The van der Waals surface area contributed by atoms with Crippen molar-refractivity contribution in [3.8, 4) is 0 Å². The summed E-state index contributed by atoms with van der Waals surface area (Å²) < 4.78 is 0. The molecule has 0 aliphatic carbocycles. The van der Waals surface area contributed by atoms with Crippen molar-refractivity contribution >= 4 is 17.7 Å². The lowest BCUT2D eigenvalue weighted by Gasteiger charge is -2.19. The molecule has 0 spiro atoms. The Bertz CT molecular complexity index is 511. The van der Waals surface area contributed by atoms with Gasteiger partial charge in [0, 0.05) is 13.1 Å². The molecule has 0 fully saturated rings. The van der Waals surface area contributed by atoms with Gasteiger partial charge in [0.15, 0.2) is 0 Å². The minimum absolute atomic E-state index is 0.178. The van der Waals surface area contributed by atoms with E-state index >= 15 is 0 Å². The van der Waals surface area contributed by atoms with Crippen molar-refractivity contribution in [1.82, 2.24) is 10.2 Å². The van der Waals surface area contributed by atoms with E-state index in [9.17, 15) is 14.4 Å². The van der Waals surface area contributed by atoms with E-state index in [1.807, 2.05) is 31.3 Å². The Morgan fingerprint density at radius 3 is 2.19 bits per heavy atom. The molecule has 0 saturated carbocycles. The van der Waals surface area contributed by atoms with Gasteiger partial charge in [-0.2, -0.15) is 0 Å². The molecular weight excluding hydrogens is 272 g/mol. The summed E-state index contributed by atoms with van der Waals surface area (Å²) in [6, 6.07) is 7.81. The van der Waals surface area contributed by atoms with Crippen molar-refractivity contribution in [2.75, 3.05) is 20.1 Å². The highest BCUT2D eigenvalue weighted by Gasteiger charge is 2.21. The first kappa shape index (κ1) is 16.8. The number of ketones is 1. The topological polar surface area (TPSA) is 86.7 Å². The van der Waals surface area contributed by atoms with Crippen molar-refractivity contribution in [3.05, 3.63) is 35.4 Å². The molecule has 2 N–H and O–H groups in total. The second kappa shape index (κ2) is 8.16.